The van der Waals surface area contributed by atoms with E-state index < -0.39 is 0 Å². The van der Waals surface area contributed by atoms with Crippen LogP contribution in [0.5, 0.6) is 0 Å². The van der Waals surface area contributed by atoms with Crippen LogP contribution in [0.2, 0.25) is 0 Å². The quantitative estimate of drug-likeness (QED) is 0.150. The second-order valence-corrected chi connectivity index (χ2v) is 7.03. The number of aliphatic imine (C=N–C) groups is 1. The minimum absolute atomic E-state index is 0. The molecule has 0 amide bonds. The molecule has 5 rings (SSSR count). The molecule has 1 aliphatic heterocycles. The first-order valence-electron chi connectivity index (χ1n) is 10.1. The first-order chi connectivity index (χ1) is 15.3. The van der Waals surface area contributed by atoms with Gasteiger partial charge in [0, 0.05) is 25.8 Å². The van der Waals surface area contributed by atoms with E-state index in [-0.39, 0.29) is 27.5 Å². The molecular weight excluding hydrogens is 585 g/mol. The average Bonchev–Trinajstić information content (AvgIpc) is 2.82. The number of aromatic nitrogens is 1. The predicted octanol–water partition coefficient (Wildman–Crippen LogP) is 7.58. The van der Waals surface area contributed by atoms with Crippen molar-refractivity contribution in [2.45, 2.75) is 13.1 Å². The number of para-hydroxylation sites is 2. The van der Waals surface area contributed by atoms with Crippen molar-refractivity contribution < 1.29 is 20.1 Å². The Morgan fingerprint density at radius 2 is 1.39 bits per heavy atom. The van der Waals surface area contributed by atoms with Crippen LogP contribution in [0.1, 0.15) is 11.3 Å². The van der Waals surface area contributed by atoms with Crippen molar-refractivity contribution in [3.8, 4) is 22.4 Å². The van der Waals surface area contributed by atoms with E-state index in [0.717, 1.165) is 45.0 Å². The maximum absolute atomic E-state index is 4.86. The summed E-state index contributed by atoms with van der Waals surface area (Å²) >= 11 is 0. The third kappa shape index (κ3) is 6.38. The van der Waals surface area contributed by atoms with Crippen molar-refractivity contribution in [2.75, 3.05) is 7.05 Å². The number of rotatable bonds is 0. The molecule has 1 aromatic heterocycles. The molecule has 1 radical (unpaired) electrons. The number of nitrogens with zero attached hydrogens (tertiary/aromatic N) is 4. The standard InChI is InChI=1S/C25H18N3.C2H4N.CH3.Ir/c1-3-12-23-21(10-1)19-8-5-7-18(15-19)16-26-24-13-4-2-11-22(24)25-14-6-9-20(28-25)17-27-23;1-3-2;;/h1-14H,16-17H2;1H,2H3;1H3;/q-3;2*-1;. The molecule has 0 saturated heterocycles. The fraction of sp³-hybridized carbons (Fsp3) is 0.107. The van der Waals surface area contributed by atoms with Gasteiger partial charge in [-0.25, -0.2) is 0 Å². The van der Waals surface area contributed by atoms with Crippen molar-refractivity contribution in [1.29, 1.82) is 0 Å². The van der Waals surface area contributed by atoms with E-state index in [0.29, 0.717) is 13.1 Å². The molecule has 0 spiro atoms. The molecule has 0 saturated carbocycles. The first kappa shape index (κ1) is 26.0. The zero-order chi connectivity index (χ0) is 21.5. The van der Waals surface area contributed by atoms with E-state index in [2.05, 4.69) is 48.1 Å². The number of hydrogen-bond acceptors (Lipinski definition) is 2. The molecule has 0 fully saturated rings. The zero-order valence-electron chi connectivity index (χ0n) is 18.7. The number of pyridine rings is 1. The molecule has 171 valence electrons. The van der Waals surface area contributed by atoms with Gasteiger partial charge >= 0.3 is 0 Å². The van der Waals surface area contributed by atoms with Crippen molar-refractivity contribution in [3.05, 3.63) is 120 Å². The van der Waals surface area contributed by atoms with Crippen molar-refractivity contribution in [3.63, 3.8) is 0 Å². The number of fused-ring (bicyclic) bond motifs is 8. The van der Waals surface area contributed by atoms with Gasteiger partial charge in [-0.2, -0.15) is 5.69 Å². The molecule has 4 aromatic rings. The molecule has 4 nitrogen and oxygen atoms in total. The largest absolute Gasteiger partial charge is 0.687 e. The molecule has 3 aromatic carbocycles. The fourth-order valence-electron chi connectivity index (χ4n) is 3.49. The van der Waals surface area contributed by atoms with Crippen LogP contribution in [0, 0.1) is 13.5 Å². The summed E-state index contributed by atoms with van der Waals surface area (Å²) in [6.45, 7) is 5.58. The summed E-state index contributed by atoms with van der Waals surface area (Å²) < 4.78 is 0. The number of hydrogen-bond donors (Lipinski definition) is 0. The van der Waals surface area contributed by atoms with Gasteiger partial charge in [-0.1, -0.05) is 61.1 Å². The molecule has 0 unspecified atom stereocenters. The Balaban J connectivity index is 0.000000733. The molecular formula is C28H25IrN4-5. The van der Waals surface area contributed by atoms with Gasteiger partial charge < -0.3 is 29.8 Å². The van der Waals surface area contributed by atoms with Gasteiger partial charge in [0.25, 0.3) is 0 Å². The zero-order valence-corrected chi connectivity index (χ0v) is 21.1. The monoisotopic (exact) mass is 610 g/mol. The van der Waals surface area contributed by atoms with Gasteiger partial charge in [-0.3, -0.25) is 4.98 Å². The van der Waals surface area contributed by atoms with Gasteiger partial charge in [-0.05, 0) is 24.7 Å². The van der Waals surface area contributed by atoms with Crippen LogP contribution in [0.15, 0.2) is 89.9 Å². The van der Waals surface area contributed by atoms with Gasteiger partial charge in [-0.15, -0.1) is 53.2 Å². The molecule has 5 heteroatoms. The van der Waals surface area contributed by atoms with Crippen LogP contribution in [-0.4, -0.2) is 18.7 Å². The van der Waals surface area contributed by atoms with E-state index in [9.17, 15) is 0 Å². The predicted molar refractivity (Wildman–Crippen MR) is 135 cm³/mol. The van der Waals surface area contributed by atoms with Gasteiger partial charge in [0.2, 0.25) is 0 Å². The molecule has 0 atom stereocenters. The van der Waals surface area contributed by atoms with Crippen LogP contribution in [0.4, 0.5) is 11.4 Å². The van der Waals surface area contributed by atoms with Crippen LogP contribution in [-0.2, 0) is 33.2 Å². The van der Waals surface area contributed by atoms with E-state index in [1.54, 1.807) is 0 Å². The topological polar surface area (TPSA) is 53.5 Å². The van der Waals surface area contributed by atoms with Crippen LogP contribution in [0.25, 0.3) is 33.0 Å². The van der Waals surface area contributed by atoms with Gasteiger partial charge in [0.1, 0.15) is 0 Å². The summed E-state index contributed by atoms with van der Waals surface area (Å²) in [6, 6.07) is 32.2. The van der Waals surface area contributed by atoms with E-state index in [1.807, 2.05) is 54.6 Å². The van der Waals surface area contributed by atoms with Gasteiger partial charge in [0.05, 0.1) is 5.69 Å². The molecule has 4 bridgehead atoms. The third-order valence-electron chi connectivity index (χ3n) is 4.87. The summed E-state index contributed by atoms with van der Waals surface area (Å²) in [5.41, 5.74) is 7.99. The molecule has 0 aliphatic carbocycles. The maximum atomic E-state index is 4.86. The Kier molecular flexibility index (Phi) is 9.99. The minimum Gasteiger partial charge on any atom is -0.687 e. The van der Waals surface area contributed by atoms with Gasteiger partial charge in [0.15, 0.2) is 0 Å². The molecule has 0 N–H and O–H groups in total. The molecule has 33 heavy (non-hydrogen) atoms. The van der Waals surface area contributed by atoms with E-state index in [1.165, 1.54) is 7.05 Å². The third-order valence-corrected chi connectivity index (χ3v) is 4.87. The SMILES string of the molecule is [CH-]=NC.[CH3-].[Ir].[c-]1c2cccc1-c1ccccc1[N-]Cc1cccc(n1)-c1ccccc1[N-]C2. The molecule has 1 aliphatic rings. The normalized spacial score (nSPS) is 11.1. The minimum atomic E-state index is 0. The first-order valence-corrected chi connectivity index (χ1v) is 10.1. The number of benzene rings is 3. The van der Waals surface area contributed by atoms with Crippen molar-refractivity contribution >= 4 is 18.1 Å². The van der Waals surface area contributed by atoms with E-state index >= 15 is 0 Å². The second kappa shape index (κ2) is 12.7. The molecule has 2 heterocycles. The summed E-state index contributed by atoms with van der Waals surface area (Å²) in [6.07, 6.45) is 0. The summed E-state index contributed by atoms with van der Waals surface area (Å²) in [4.78, 5) is 7.84. The average molecular weight is 610 g/mol. The Bertz CT molecular complexity index is 1100. The van der Waals surface area contributed by atoms with Crippen LogP contribution in [0.3, 0.4) is 0 Å². The van der Waals surface area contributed by atoms with E-state index in [4.69, 9.17) is 15.6 Å². The Hall–Kier alpha value is -3.27. The summed E-state index contributed by atoms with van der Waals surface area (Å²) in [5.74, 6) is 0. The van der Waals surface area contributed by atoms with Crippen LogP contribution >= 0.6 is 0 Å². The van der Waals surface area contributed by atoms with Crippen molar-refractivity contribution in [1.82, 2.24) is 4.98 Å². The Morgan fingerprint density at radius 1 is 0.788 bits per heavy atom. The second-order valence-electron chi connectivity index (χ2n) is 7.03. The Labute approximate surface area is 210 Å². The smallest absolute Gasteiger partial charge is 0.0692 e. The van der Waals surface area contributed by atoms with Crippen molar-refractivity contribution in [2.24, 2.45) is 4.99 Å². The fourth-order valence-corrected chi connectivity index (χ4v) is 3.49. The van der Waals surface area contributed by atoms with Crippen LogP contribution < -0.4 is 0 Å². The summed E-state index contributed by atoms with van der Waals surface area (Å²) in [5, 5.41) is 9.71. The maximum Gasteiger partial charge on any atom is 0.0692 e. The summed E-state index contributed by atoms with van der Waals surface area (Å²) in [7, 11) is 1.53. The Morgan fingerprint density at radius 3 is 2.15 bits per heavy atom.